The Morgan fingerprint density at radius 2 is 1.48 bits per heavy atom. The van der Waals surface area contributed by atoms with Gasteiger partial charge in [0.05, 0.1) is 12.2 Å². The molecular formula is C23H34O2. The number of ether oxygens (including phenoxy) is 1. The summed E-state index contributed by atoms with van der Waals surface area (Å²) in [6.07, 6.45) is 16.4. The minimum atomic E-state index is -0.317. The van der Waals surface area contributed by atoms with E-state index in [-0.39, 0.29) is 5.97 Å². The summed E-state index contributed by atoms with van der Waals surface area (Å²) in [5.41, 5.74) is 1.45. The van der Waals surface area contributed by atoms with Gasteiger partial charge in [0.1, 0.15) is 0 Å². The van der Waals surface area contributed by atoms with Gasteiger partial charge in [-0.25, -0.2) is 4.79 Å². The van der Waals surface area contributed by atoms with E-state index in [4.69, 9.17) is 4.74 Å². The molecule has 0 saturated heterocycles. The minimum absolute atomic E-state index is 0.317. The summed E-state index contributed by atoms with van der Waals surface area (Å²) >= 11 is 0. The van der Waals surface area contributed by atoms with Crippen molar-refractivity contribution in [3.63, 3.8) is 0 Å². The molecule has 0 fully saturated rings. The Balaban J connectivity index is 1.99. The van der Waals surface area contributed by atoms with Crippen LogP contribution in [-0.2, 0) is 9.53 Å². The number of hydrogen-bond acceptors (Lipinski definition) is 2. The first-order valence-electron chi connectivity index (χ1n) is 9.83. The lowest BCUT2D eigenvalue weighted by Crippen LogP contribution is -2.06. The second-order valence-electron chi connectivity index (χ2n) is 6.59. The van der Waals surface area contributed by atoms with Crippen molar-refractivity contribution in [1.82, 2.24) is 0 Å². The van der Waals surface area contributed by atoms with Gasteiger partial charge in [0, 0.05) is 0 Å². The lowest BCUT2D eigenvalue weighted by molar-refractivity contribution is -0.138. The molecule has 25 heavy (non-hydrogen) atoms. The molecule has 0 aromatic heterocycles. The molecule has 0 spiro atoms. The molecule has 0 heterocycles. The molecular weight excluding hydrogens is 308 g/mol. The highest BCUT2D eigenvalue weighted by atomic mass is 16.5. The molecule has 0 amide bonds. The van der Waals surface area contributed by atoms with Crippen LogP contribution in [0.5, 0.6) is 0 Å². The summed E-state index contributed by atoms with van der Waals surface area (Å²) in [5.74, 6) is -0.317. The number of esters is 1. The van der Waals surface area contributed by atoms with Crippen molar-refractivity contribution in [2.45, 2.75) is 71.1 Å². The summed E-state index contributed by atoms with van der Waals surface area (Å²) in [5, 5.41) is 0. The van der Waals surface area contributed by atoms with Crippen molar-refractivity contribution in [3.8, 4) is 0 Å². The highest BCUT2D eigenvalue weighted by Gasteiger charge is 2.04. The molecule has 0 aliphatic heterocycles. The Bertz CT molecular complexity index is 502. The summed E-state index contributed by atoms with van der Waals surface area (Å²) in [6, 6.07) is 9.86. The predicted molar refractivity (Wildman–Crippen MR) is 107 cm³/mol. The molecule has 2 nitrogen and oxygen atoms in total. The van der Waals surface area contributed by atoms with Crippen LogP contribution in [0.3, 0.4) is 0 Å². The Labute approximate surface area is 154 Å². The zero-order valence-electron chi connectivity index (χ0n) is 15.8. The molecule has 2 heteroatoms. The Morgan fingerprint density at radius 1 is 0.920 bits per heavy atom. The minimum Gasteiger partial charge on any atom is -0.462 e. The molecule has 0 unspecified atom stereocenters. The van der Waals surface area contributed by atoms with Crippen LogP contribution in [-0.4, -0.2) is 12.6 Å². The van der Waals surface area contributed by atoms with Gasteiger partial charge in [-0.3, -0.25) is 0 Å². The van der Waals surface area contributed by atoms with E-state index >= 15 is 0 Å². The molecule has 1 rings (SSSR count). The molecule has 0 bridgehead atoms. The van der Waals surface area contributed by atoms with Crippen LogP contribution in [0.1, 0.15) is 76.7 Å². The van der Waals surface area contributed by atoms with Gasteiger partial charge in [0.25, 0.3) is 0 Å². The van der Waals surface area contributed by atoms with Crippen molar-refractivity contribution in [2.75, 3.05) is 6.61 Å². The molecule has 0 atom stereocenters. The van der Waals surface area contributed by atoms with Crippen LogP contribution >= 0.6 is 0 Å². The molecule has 0 radical (unpaired) electrons. The van der Waals surface area contributed by atoms with E-state index < -0.39 is 0 Å². The van der Waals surface area contributed by atoms with Gasteiger partial charge in [-0.15, -0.1) is 0 Å². The van der Waals surface area contributed by atoms with Gasteiger partial charge in [-0.1, -0.05) is 108 Å². The van der Waals surface area contributed by atoms with Crippen LogP contribution in [0, 0.1) is 0 Å². The van der Waals surface area contributed by atoms with Crippen molar-refractivity contribution < 1.29 is 9.53 Å². The molecule has 0 N–H and O–H groups in total. The number of benzene rings is 1. The highest BCUT2D eigenvalue weighted by Crippen LogP contribution is 2.11. The largest absolute Gasteiger partial charge is 0.462 e. The van der Waals surface area contributed by atoms with Gasteiger partial charge in [0.15, 0.2) is 0 Å². The Kier molecular flexibility index (Phi) is 12.3. The van der Waals surface area contributed by atoms with Crippen LogP contribution in [0.2, 0.25) is 0 Å². The van der Waals surface area contributed by atoms with E-state index in [2.05, 4.69) is 13.5 Å². The van der Waals surface area contributed by atoms with E-state index in [1.807, 2.05) is 36.4 Å². The zero-order chi connectivity index (χ0) is 18.2. The Morgan fingerprint density at radius 3 is 2.08 bits per heavy atom. The molecule has 138 valence electrons. The maximum atomic E-state index is 11.9. The van der Waals surface area contributed by atoms with E-state index in [0.29, 0.717) is 12.2 Å². The quantitative estimate of drug-likeness (QED) is 0.162. The molecule has 0 saturated carbocycles. The lowest BCUT2D eigenvalue weighted by atomic mass is 10.1. The predicted octanol–water partition coefficient (Wildman–Crippen LogP) is 6.72. The number of rotatable bonds is 14. The molecule has 0 aliphatic rings. The SMILES string of the molecule is C=C(C=Cc1ccccc1)C(=O)OCCCCCCCCCCCC. The highest BCUT2D eigenvalue weighted by molar-refractivity contribution is 5.92. The average molecular weight is 343 g/mol. The summed E-state index contributed by atoms with van der Waals surface area (Å²) in [4.78, 5) is 11.9. The first-order valence-corrected chi connectivity index (χ1v) is 9.83. The van der Waals surface area contributed by atoms with E-state index in [9.17, 15) is 4.79 Å². The monoisotopic (exact) mass is 342 g/mol. The zero-order valence-corrected chi connectivity index (χ0v) is 15.8. The molecule has 1 aromatic carbocycles. The molecule has 0 aliphatic carbocycles. The van der Waals surface area contributed by atoms with Crippen LogP contribution in [0.25, 0.3) is 6.08 Å². The summed E-state index contributed by atoms with van der Waals surface area (Å²) < 4.78 is 5.27. The normalized spacial score (nSPS) is 10.9. The topological polar surface area (TPSA) is 26.3 Å². The van der Waals surface area contributed by atoms with Gasteiger partial charge in [-0.05, 0) is 18.1 Å². The fourth-order valence-electron chi connectivity index (χ4n) is 2.68. The third-order valence-corrected chi connectivity index (χ3v) is 4.27. The van der Waals surface area contributed by atoms with Gasteiger partial charge in [0.2, 0.25) is 0 Å². The van der Waals surface area contributed by atoms with E-state index in [0.717, 1.165) is 18.4 Å². The smallest absolute Gasteiger partial charge is 0.337 e. The number of carbonyl (C=O) groups excluding carboxylic acids is 1. The van der Waals surface area contributed by atoms with Crippen molar-refractivity contribution in [1.29, 1.82) is 0 Å². The van der Waals surface area contributed by atoms with E-state index in [1.165, 1.54) is 51.4 Å². The van der Waals surface area contributed by atoms with Crippen LogP contribution in [0.4, 0.5) is 0 Å². The first-order chi connectivity index (χ1) is 12.2. The third-order valence-electron chi connectivity index (χ3n) is 4.27. The Hall–Kier alpha value is -1.83. The van der Waals surface area contributed by atoms with Crippen molar-refractivity contribution in [2.24, 2.45) is 0 Å². The van der Waals surface area contributed by atoms with E-state index in [1.54, 1.807) is 6.08 Å². The fraction of sp³-hybridized carbons (Fsp3) is 0.522. The van der Waals surface area contributed by atoms with Crippen molar-refractivity contribution >= 4 is 12.0 Å². The van der Waals surface area contributed by atoms with Crippen molar-refractivity contribution in [3.05, 3.63) is 54.1 Å². The second-order valence-corrected chi connectivity index (χ2v) is 6.59. The lowest BCUT2D eigenvalue weighted by Gasteiger charge is -2.05. The maximum absolute atomic E-state index is 11.9. The van der Waals surface area contributed by atoms with Crippen LogP contribution < -0.4 is 0 Å². The standard InChI is InChI=1S/C23H34O2/c1-3-4-5-6-7-8-9-10-11-15-20-25-23(24)21(2)18-19-22-16-13-12-14-17-22/h12-14,16-19H,2-11,15,20H2,1H3. The maximum Gasteiger partial charge on any atom is 0.337 e. The fourth-order valence-corrected chi connectivity index (χ4v) is 2.68. The summed E-state index contributed by atoms with van der Waals surface area (Å²) in [6.45, 7) is 6.52. The number of carbonyl (C=O) groups is 1. The third kappa shape index (κ3) is 11.4. The van der Waals surface area contributed by atoms with Gasteiger partial charge < -0.3 is 4.74 Å². The molecule has 1 aromatic rings. The number of unbranched alkanes of at least 4 members (excludes halogenated alkanes) is 9. The van der Waals surface area contributed by atoms with Crippen LogP contribution in [0.15, 0.2) is 48.6 Å². The van der Waals surface area contributed by atoms with Gasteiger partial charge in [-0.2, -0.15) is 0 Å². The summed E-state index contributed by atoms with van der Waals surface area (Å²) in [7, 11) is 0. The second kappa shape index (κ2) is 14.5. The van der Waals surface area contributed by atoms with Gasteiger partial charge >= 0.3 is 5.97 Å². The number of hydrogen-bond donors (Lipinski definition) is 0. The first kappa shape index (κ1) is 21.2. The average Bonchev–Trinajstić information content (AvgIpc) is 2.64.